The predicted molar refractivity (Wildman–Crippen MR) is 54.8 cm³/mol. The molecule has 2 unspecified atom stereocenters. The van der Waals surface area contributed by atoms with E-state index in [2.05, 4.69) is 9.24 Å². The van der Waals surface area contributed by atoms with Crippen molar-refractivity contribution in [3.05, 3.63) is 0 Å². The molecule has 2 atom stereocenters. The van der Waals surface area contributed by atoms with Crippen LogP contribution in [0.3, 0.4) is 0 Å². The molecule has 5 heteroatoms. The summed E-state index contributed by atoms with van der Waals surface area (Å²) in [7, 11) is 2.36. The van der Waals surface area contributed by atoms with Gasteiger partial charge in [-0.15, -0.1) is 9.24 Å². The first-order valence-corrected chi connectivity index (χ1v) is 5.28. The lowest BCUT2D eigenvalue weighted by atomic mass is 10.2. The van der Waals surface area contributed by atoms with E-state index >= 15 is 0 Å². The zero-order chi connectivity index (χ0) is 10.7. The predicted octanol–water partition coefficient (Wildman–Crippen LogP) is 0.358. The first kappa shape index (κ1) is 11.3. The van der Waals surface area contributed by atoms with Crippen molar-refractivity contribution in [2.75, 3.05) is 6.54 Å². The van der Waals surface area contributed by atoms with Gasteiger partial charge in [-0.25, -0.2) is 0 Å². The van der Waals surface area contributed by atoms with E-state index in [1.807, 2.05) is 0 Å². The largest absolute Gasteiger partial charge is 0.300 e. The molecule has 0 radical (unpaired) electrons. The fourth-order valence-corrected chi connectivity index (χ4v) is 1.81. The van der Waals surface area contributed by atoms with Gasteiger partial charge in [-0.3, -0.25) is 14.5 Å². The van der Waals surface area contributed by atoms with E-state index in [0.717, 1.165) is 0 Å². The van der Waals surface area contributed by atoms with E-state index in [1.54, 1.807) is 0 Å². The summed E-state index contributed by atoms with van der Waals surface area (Å²) in [6, 6.07) is 0. The van der Waals surface area contributed by atoms with Crippen LogP contribution in [0.25, 0.3) is 0 Å². The van der Waals surface area contributed by atoms with Crippen molar-refractivity contribution in [2.24, 2.45) is 0 Å². The Morgan fingerprint density at radius 3 is 2.64 bits per heavy atom. The number of ketones is 1. The number of hydrogen-bond donors (Lipinski definition) is 0. The van der Waals surface area contributed by atoms with Gasteiger partial charge in [0.1, 0.15) is 5.78 Å². The molecule has 0 bridgehead atoms. The summed E-state index contributed by atoms with van der Waals surface area (Å²) < 4.78 is 0. The summed E-state index contributed by atoms with van der Waals surface area (Å²) in [5.74, 6) is -0.173. The van der Waals surface area contributed by atoms with Crippen molar-refractivity contribution in [3.63, 3.8) is 0 Å². The lowest BCUT2D eigenvalue weighted by Crippen LogP contribution is -2.31. The van der Waals surface area contributed by atoms with Crippen molar-refractivity contribution in [2.45, 2.75) is 31.8 Å². The molecule has 0 N–H and O–H groups in total. The minimum Gasteiger partial charge on any atom is -0.300 e. The van der Waals surface area contributed by atoms with Gasteiger partial charge >= 0.3 is 0 Å². The lowest BCUT2D eigenvalue weighted by molar-refractivity contribution is -0.138. The van der Waals surface area contributed by atoms with Crippen LogP contribution in [-0.4, -0.2) is 34.7 Å². The molecule has 1 heterocycles. The maximum absolute atomic E-state index is 11.4. The Kier molecular flexibility index (Phi) is 3.76. The molecule has 0 aromatic carbocycles. The number of Topliss-reactive ketones (excluding diaryl/α,β-unsaturated/α-hetero) is 1. The molecular weight excluding hydrogens is 201 g/mol. The number of imide groups is 1. The van der Waals surface area contributed by atoms with Gasteiger partial charge in [-0.2, -0.15) is 0 Å². The first-order valence-electron chi connectivity index (χ1n) is 4.61. The molecule has 2 amide bonds. The monoisotopic (exact) mass is 215 g/mol. The van der Waals surface area contributed by atoms with Crippen LogP contribution < -0.4 is 0 Å². The van der Waals surface area contributed by atoms with Gasteiger partial charge in [-0.1, -0.05) is 0 Å². The second-order valence-corrected chi connectivity index (χ2v) is 4.30. The maximum atomic E-state index is 11.4. The molecule has 0 aromatic heterocycles. The Morgan fingerprint density at radius 1 is 1.57 bits per heavy atom. The third kappa shape index (κ3) is 2.61. The minimum absolute atomic E-state index is 0.0894. The smallest absolute Gasteiger partial charge is 0.236 e. The third-order valence-corrected chi connectivity index (χ3v) is 2.71. The summed E-state index contributed by atoms with van der Waals surface area (Å²) in [6.07, 6.45) is 1.28. The van der Waals surface area contributed by atoms with Crippen LogP contribution in [0.4, 0.5) is 0 Å². The van der Waals surface area contributed by atoms with Gasteiger partial charge in [0.2, 0.25) is 11.8 Å². The Hall–Kier alpha value is -0.760. The topological polar surface area (TPSA) is 54.5 Å². The molecule has 1 aliphatic heterocycles. The van der Waals surface area contributed by atoms with Crippen LogP contribution >= 0.6 is 9.24 Å². The summed E-state index contributed by atoms with van der Waals surface area (Å²) in [5.41, 5.74) is -0.264. The van der Waals surface area contributed by atoms with Crippen LogP contribution in [0.2, 0.25) is 0 Å². The molecule has 78 valence electrons. The van der Waals surface area contributed by atoms with Crippen LogP contribution in [0, 0.1) is 0 Å². The molecule has 0 aliphatic carbocycles. The number of hydrogen-bond acceptors (Lipinski definition) is 3. The van der Waals surface area contributed by atoms with Gasteiger partial charge in [0, 0.05) is 19.4 Å². The van der Waals surface area contributed by atoms with E-state index in [9.17, 15) is 14.4 Å². The van der Waals surface area contributed by atoms with E-state index in [4.69, 9.17) is 0 Å². The number of amides is 2. The van der Waals surface area contributed by atoms with Crippen molar-refractivity contribution in [3.8, 4) is 0 Å². The van der Waals surface area contributed by atoms with Gasteiger partial charge in [0.25, 0.3) is 0 Å². The van der Waals surface area contributed by atoms with Crippen molar-refractivity contribution in [1.82, 2.24) is 4.90 Å². The highest BCUT2D eigenvalue weighted by Gasteiger charge is 2.34. The van der Waals surface area contributed by atoms with Crippen LogP contribution in [0.5, 0.6) is 0 Å². The van der Waals surface area contributed by atoms with Gasteiger partial charge in [-0.05, 0) is 13.3 Å². The van der Waals surface area contributed by atoms with Crippen LogP contribution in [0.15, 0.2) is 0 Å². The highest BCUT2D eigenvalue weighted by atomic mass is 31.0. The Balaban J connectivity index is 2.41. The highest BCUT2D eigenvalue weighted by molar-refractivity contribution is 7.19. The number of carbonyl (C=O) groups is 3. The second kappa shape index (κ2) is 4.65. The normalized spacial score (nSPS) is 21.9. The lowest BCUT2D eigenvalue weighted by Gasteiger charge is -2.12. The quantitative estimate of drug-likeness (QED) is 0.502. The fraction of sp³-hybridized carbons (Fsp3) is 0.667. The average molecular weight is 215 g/mol. The number of carbonyl (C=O) groups excluding carboxylic acids is 3. The number of nitrogens with zero attached hydrogens (tertiary/aromatic N) is 1. The molecule has 14 heavy (non-hydrogen) atoms. The number of likely N-dealkylation sites (tertiary alicyclic amines) is 1. The van der Waals surface area contributed by atoms with E-state index in [-0.39, 0.29) is 29.7 Å². The van der Waals surface area contributed by atoms with Gasteiger partial charge in [0.05, 0.1) is 5.66 Å². The van der Waals surface area contributed by atoms with Gasteiger partial charge in [0.15, 0.2) is 0 Å². The molecule has 1 fully saturated rings. The summed E-state index contributed by atoms with van der Waals surface area (Å²) in [4.78, 5) is 34.6. The van der Waals surface area contributed by atoms with Crippen LogP contribution in [0.1, 0.15) is 26.2 Å². The molecular formula is C9H14NO3P. The highest BCUT2D eigenvalue weighted by Crippen LogP contribution is 2.20. The van der Waals surface area contributed by atoms with Crippen LogP contribution in [-0.2, 0) is 14.4 Å². The third-order valence-electron chi connectivity index (χ3n) is 2.19. The Morgan fingerprint density at radius 2 is 2.21 bits per heavy atom. The van der Waals surface area contributed by atoms with Crippen molar-refractivity contribution < 1.29 is 14.4 Å². The standard InChI is InChI=1S/C9H14NO3P/c1-6(11)3-2-4-10-8(12)5-7(14)9(10)13/h7H,2-5,14H2,1H3. The van der Waals surface area contributed by atoms with E-state index < -0.39 is 0 Å². The molecule has 1 aliphatic rings. The Bertz CT molecular complexity index is 277. The summed E-state index contributed by atoms with van der Waals surface area (Å²) in [6.45, 7) is 1.88. The SMILES string of the molecule is CC(=O)CCCN1C(=O)CC(P)C1=O. The van der Waals surface area contributed by atoms with Crippen molar-refractivity contribution in [1.29, 1.82) is 0 Å². The fourth-order valence-electron chi connectivity index (χ4n) is 1.43. The molecule has 0 aromatic rings. The van der Waals surface area contributed by atoms with Gasteiger partial charge < -0.3 is 4.79 Å². The molecule has 0 spiro atoms. The molecule has 0 saturated carbocycles. The van der Waals surface area contributed by atoms with E-state index in [1.165, 1.54) is 11.8 Å². The molecule has 1 rings (SSSR count). The zero-order valence-corrected chi connectivity index (χ0v) is 9.31. The Labute approximate surface area is 85.2 Å². The second-order valence-electron chi connectivity index (χ2n) is 3.50. The summed E-state index contributed by atoms with van der Waals surface area (Å²) >= 11 is 0. The first-order chi connectivity index (χ1) is 6.52. The minimum atomic E-state index is -0.264. The zero-order valence-electron chi connectivity index (χ0n) is 8.16. The maximum Gasteiger partial charge on any atom is 0.236 e. The van der Waals surface area contributed by atoms with Crippen molar-refractivity contribution >= 4 is 26.8 Å². The molecule has 1 saturated heterocycles. The number of rotatable bonds is 4. The average Bonchev–Trinajstić information content (AvgIpc) is 2.31. The molecule has 4 nitrogen and oxygen atoms in total. The summed E-state index contributed by atoms with van der Waals surface area (Å²) in [5, 5.41) is 0. The van der Waals surface area contributed by atoms with E-state index in [0.29, 0.717) is 19.4 Å².